The fraction of sp³-hybridized carbons (Fsp3) is 0.600. The van der Waals surface area contributed by atoms with Crippen molar-refractivity contribution in [3.8, 4) is 11.5 Å². The van der Waals surface area contributed by atoms with E-state index in [9.17, 15) is 10.2 Å². The third-order valence-electron chi connectivity index (χ3n) is 4.00. The van der Waals surface area contributed by atoms with Crippen LogP contribution in [0.1, 0.15) is 32.3 Å². The molecule has 1 aromatic carbocycles. The summed E-state index contributed by atoms with van der Waals surface area (Å²) in [7, 11) is 1.53. The predicted octanol–water partition coefficient (Wildman–Crippen LogP) is 3.05. The fourth-order valence-corrected chi connectivity index (χ4v) is 2.60. The average molecular weight is 346 g/mol. The molecule has 0 atom stereocenters. The van der Waals surface area contributed by atoms with Gasteiger partial charge in [0.2, 0.25) is 0 Å². The van der Waals surface area contributed by atoms with E-state index in [1.165, 1.54) is 7.11 Å². The van der Waals surface area contributed by atoms with E-state index in [2.05, 4.69) is 35.1 Å². The molecule has 0 aliphatic rings. The minimum Gasteiger partial charge on any atom is -0.504 e. The molecule has 0 unspecified atom stereocenters. The van der Waals surface area contributed by atoms with E-state index in [1.54, 1.807) is 6.07 Å². The molecule has 0 aromatic heterocycles. The summed E-state index contributed by atoms with van der Waals surface area (Å²) in [5.74, 6) is 0.583. The molecule has 1 rings (SSSR count). The van der Waals surface area contributed by atoms with Crippen LogP contribution in [0.4, 0.5) is 0 Å². The normalized spacial score (nSPS) is 11.7. The van der Waals surface area contributed by atoms with E-state index in [0.29, 0.717) is 12.3 Å². The van der Waals surface area contributed by atoms with Gasteiger partial charge < -0.3 is 20.3 Å². The van der Waals surface area contributed by atoms with Crippen LogP contribution in [0.3, 0.4) is 0 Å². The molecule has 5 heteroatoms. The highest BCUT2D eigenvalue weighted by molar-refractivity contribution is 9.10. The van der Waals surface area contributed by atoms with Crippen LogP contribution < -0.4 is 10.1 Å². The van der Waals surface area contributed by atoms with E-state index in [0.717, 1.165) is 29.4 Å². The first-order valence-corrected chi connectivity index (χ1v) is 7.68. The first-order valence-electron chi connectivity index (χ1n) is 6.88. The topological polar surface area (TPSA) is 61.7 Å². The molecule has 114 valence electrons. The highest BCUT2D eigenvalue weighted by Gasteiger charge is 2.24. The molecule has 0 saturated carbocycles. The van der Waals surface area contributed by atoms with Crippen LogP contribution in [0.2, 0.25) is 0 Å². The van der Waals surface area contributed by atoms with Gasteiger partial charge in [-0.3, -0.25) is 0 Å². The zero-order valence-corrected chi connectivity index (χ0v) is 14.0. The largest absolute Gasteiger partial charge is 0.504 e. The second-order valence-electron chi connectivity index (χ2n) is 5.08. The number of hydrogen-bond donors (Lipinski definition) is 3. The van der Waals surface area contributed by atoms with Gasteiger partial charge in [0, 0.05) is 29.6 Å². The zero-order valence-electron chi connectivity index (χ0n) is 12.4. The minimum atomic E-state index is -0.0620. The molecule has 0 amide bonds. The highest BCUT2D eigenvalue weighted by atomic mass is 79.9. The third kappa shape index (κ3) is 4.11. The summed E-state index contributed by atoms with van der Waals surface area (Å²) < 4.78 is 5.95. The van der Waals surface area contributed by atoms with Crippen LogP contribution in [0.15, 0.2) is 16.6 Å². The van der Waals surface area contributed by atoms with E-state index in [-0.39, 0.29) is 17.8 Å². The SMILES string of the molecule is CCC(CC)(CO)CNCc1cc(OC)c(O)cc1Br. The van der Waals surface area contributed by atoms with Crippen molar-refractivity contribution in [2.75, 3.05) is 20.3 Å². The number of aliphatic hydroxyl groups excluding tert-OH is 1. The van der Waals surface area contributed by atoms with E-state index >= 15 is 0 Å². The van der Waals surface area contributed by atoms with Gasteiger partial charge in [0.05, 0.1) is 7.11 Å². The van der Waals surface area contributed by atoms with Crippen molar-refractivity contribution in [2.45, 2.75) is 33.2 Å². The standard InChI is InChI=1S/C15H24BrNO3/c1-4-15(5-2,10-18)9-17-8-11-6-14(20-3)13(19)7-12(11)16/h6-7,17-19H,4-5,8-10H2,1-3H3. The first kappa shape index (κ1) is 17.3. The molecule has 0 heterocycles. The number of aromatic hydroxyl groups is 1. The Morgan fingerprint density at radius 1 is 1.30 bits per heavy atom. The van der Waals surface area contributed by atoms with Gasteiger partial charge in [0.25, 0.3) is 0 Å². The Kier molecular flexibility index (Phi) is 6.79. The molecule has 20 heavy (non-hydrogen) atoms. The average Bonchev–Trinajstić information content (AvgIpc) is 2.46. The predicted molar refractivity (Wildman–Crippen MR) is 84.2 cm³/mol. The smallest absolute Gasteiger partial charge is 0.160 e. The Bertz CT molecular complexity index is 425. The lowest BCUT2D eigenvalue weighted by Crippen LogP contribution is -2.36. The Labute approximate surface area is 129 Å². The number of aliphatic hydroxyl groups is 1. The van der Waals surface area contributed by atoms with Crippen LogP contribution in [-0.2, 0) is 6.54 Å². The number of methoxy groups -OCH3 is 1. The molecule has 1 aromatic rings. The summed E-state index contributed by atoms with van der Waals surface area (Å²) in [6.45, 7) is 5.79. The summed E-state index contributed by atoms with van der Waals surface area (Å²) in [5, 5.41) is 22.6. The number of rotatable bonds is 8. The van der Waals surface area contributed by atoms with Gasteiger partial charge in [-0.25, -0.2) is 0 Å². The van der Waals surface area contributed by atoms with Crippen LogP contribution >= 0.6 is 15.9 Å². The summed E-state index contributed by atoms with van der Waals surface area (Å²) >= 11 is 3.44. The number of hydrogen-bond acceptors (Lipinski definition) is 4. The van der Waals surface area contributed by atoms with Gasteiger partial charge in [0.15, 0.2) is 11.5 Å². The Hall–Kier alpha value is -0.780. The van der Waals surface area contributed by atoms with Gasteiger partial charge in [-0.1, -0.05) is 29.8 Å². The van der Waals surface area contributed by atoms with Crippen molar-refractivity contribution in [2.24, 2.45) is 5.41 Å². The van der Waals surface area contributed by atoms with E-state index < -0.39 is 0 Å². The molecule has 0 bridgehead atoms. The number of phenolic OH excluding ortho intramolecular Hbond substituents is 1. The maximum absolute atomic E-state index is 9.68. The molecule has 0 fully saturated rings. The minimum absolute atomic E-state index is 0.0620. The maximum atomic E-state index is 9.68. The lowest BCUT2D eigenvalue weighted by atomic mass is 9.83. The van der Waals surface area contributed by atoms with Crippen molar-refractivity contribution >= 4 is 15.9 Å². The van der Waals surface area contributed by atoms with E-state index in [1.807, 2.05) is 6.07 Å². The third-order valence-corrected chi connectivity index (χ3v) is 4.74. The summed E-state index contributed by atoms with van der Waals surface area (Å²) in [5.41, 5.74) is 0.951. The summed E-state index contributed by atoms with van der Waals surface area (Å²) in [6, 6.07) is 3.44. The van der Waals surface area contributed by atoms with Crippen molar-refractivity contribution in [1.29, 1.82) is 0 Å². The van der Waals surface area contributed by atoms with Gasteiger partial charge in [-0.15, -0.1) is 0 Å². The Morgan fingerprint density at radius 3 is 2.45 bits per heavy atom. The molecule has 0 radical (unpaired) electrons. The lowest BCUT2D eigenvalue weighted by Gasteiger charge is -2.29. The van der Waals surface area contributed by atoms with Crippen molar-refractivity contribution in [3.63, 3.8) is 0 Å². The number of benzene rings is 1. The summed E-state index contributed by atoms with van der Waals surface area (Å²) in [4.78, 5) is 0. The second-order valence-corrected chi connectivity index (χ2v) is 5.94. The number of ether oxygens (including phenoxy) is 1. The number of nitrogens with one attached hydrogen (secondary N) is 1. The Morgan fingerprint density at radius 2 is 1.95 bits per heavy atom. The van der Waals surface area contributed by atoms with Crippen LogP contribution in [0.5, 0.6) is 11.5 Å². The van der Waals surface area contributed by atoms with Crippen molar-refractivity contribution in [3.05, 3.63) is 22.2 Å². The molecule has 0 aliphatic heterocycles. The quantitative estimate of drug-likeness (QED) is 0.677. The molecular formula is C15H24BrNO3. The molecule has 0 spiro atoms. The van der Waals surface area contributed by atoms with Crippen LogP contribution in [-0.4, -0.2) is 30.5 Å². The fourth-order valence-electron chi connectivity index (χ4n) is 2.13. The first-order chi connectivity index (χ1) is 9.51. The van der Waals surface area contributed by atoms with E-state index in [4.69, 9.17) is 4.74 Å². The monoisotopic (exact) mass is 345 g/mol. The van der Waals surface area contributed by atoms with Crippen LogP contribution in [0.25, 0.3) is 0 Å². The van der Waals surface area contributed by atoms with Crippen molar-refractivity contribution < 1.29 is 14.9 Å². The van der Waals surface area contributed by atoms with Gasteiger partial charge in [-0.2, -0.15) is 0 Å². The molecule has 3 N–H and O–H groups in total. The molecule has 0 aliphatic carbocycles. The van der Waals surface area contributed by atoms with Crippen LogP contribution in [0, 0.1) is 5.41 Å². The zero-order chi connectivity index (χ0) is 15.2. The van der Waals surface area contributed by atoms with Gasteiger partial charge >= 0.3 is 0 Å². The maximum Gasteiger partial charge on any atom is 0.160 e. The molecule has 4 nitrogen and oxygen atoms in total. The Balaban J connectivity index is 2.71. The summed E-state index contributed by atoms with van der Waals surface area (Å²) in [6.07, 6.45) is 1.88. The van der Waals surface area contributed by atoms with Crippen molar-refractivity contribution in [1.82, 2.24) is 5.32 Å². The van der Waals surface area contributed by atoms with Gasteiger partial charge in [0.1, 0.15) is 0 Å². The number of phenols is 1. The lowest BCUT2D eigenvalue weighted by molar-refractivity contribution is 0.113. The second kappa shape index (κ2) is 7.86. The molecular weight excluding hydrogens is 322 g/mol. The highest BCUT2D eigenvalue weighted by Crippen LogP contribution is 2.32. The number of halogens is 1. The van der Waals surface area contributed by atoms with Gasteiger partial charge in [-0.05, 0) is 30.5 Å². The molecule has 0 saturated heterocycles.